The van der Waals surface area contributed by atoms with Crippen LogP contribution in [0.2, 0.25) is 0 Å². The van der Waals surface area contributed by atoms with Crippen molar-refractivity contribution in [2.75, 3.05) is 19.6 Å². The standard InChI is InChI=1S/C13H18F2N2O2S/c1-9-6-13(12(15)7-11(9)14)20(18,19)17-5-3-10-2-4-16-8-10/h6-7,10,16-17H,2-5,8H2,1H3. The molecule has 1 saturated heterocycles. The van der Waals surface area contributed by atoms with Crippen LogP contribution in [0.25, 0.3) is 0 Å². The van der Waals surface area contributed by atoms with Crippen molar-refractivity contribution in [3.63, 3.8) is 0 Å². The second-order valence-electron chi connectivity index (χ2n) is 5.08. The van der Waals surface area contributed by atoms with E-state index in [0.717, 1.165) is 25.6 Å². The van der Waals surface area contributed by atoms with E-state index in [1.807, 2.05) is 0 Å². The first-order valence-corrected chi connectivity index (χ1v) is 8.04. The summed E-state index contributed by atoms with van der Waals surface area (Å²) in [5.74, 6) is -1.38. The molecule has 0 spiro atoms. The molecule has 20 heavy (non-hydrogen) atoms. The summed E-state index contributed by atoms with van der Waals surface area (Å²) < 4.78 is 53.1. The molecule has 1 heterocycles. The second kappa shape index (κ2) is 6.15. The highest BCUT2D eigenvalue weighted by atomic mass is 32.2. The number of aryl methyl sites for hydroxylation is 1. The third-order valence-corrected chi connectivity index (χ3v) is 4.99. The topological polar surface area (TPSA) is 58.2 Å². The van der Waals surface area contributed by atoms with Gasteiger partial charge >= 0.3 is 0 Å². The van der Waals surface area contributed by atoms with Gasteiger partial charge in [0.1, 0.15) is 16.5 Å². The van der Waals surface area contributed by atoms with Gasteiger partial charge in [-0.1, -0.05) is 0 Å². The molecule has 0 aliphatic carbocycles. The lowest BCUT2D eigenvalue weighted by Gasteiger charge is -2.11. The summed E-state index contributed by atoms with van der Waals surface area (Å²) in [7, 11) is -3.93. The van der Waals surface area contributed by atoms with Crippen molar-refractivity contribution >= 4 is 10.0 Å². The maximum atomic E-state index is 13.6. The van der Waals surface area contributed by atoms with Crippen LogP contribution in [0.3, 0.4) is 0 Å². The number of rotatable bonds is 5. The minimum atomic E-state index is -3.93. The molecule has 0 radical (unpaired) electrons. The fourth-order valence-electron chi connectivity index (χ4n) is 2.27. The Morgan fingerprint density at radius 1 is 1.35 bits per heavy atom. The zero-order valence-electron chi connectivity index (χ0n) is 11.2. The highest BCUT2D eigenvalue weighted by Crippen LogP contribution is 2.19. The van der Waals surface area contributed by atoms with E-state index in [-0.39, 0.29) is 12.1 Å². The summed E-state index contributed by atoms with van der Waals surface area (Å²) >= 11 is 0. The number of sulfonamides is 1. The first-order valence-electron chi connectivity index (χ1n) is 6.56. The van der Waals surface area contributed by atoms with Crippen molar-refractivity contribution in [1.82, 2.24) is 10.0 Å². The predicted octanol–water partition coefficient (Wildman–Crippen LogP) is 1.55. The van der Waals surface area contributed by atoms with Crippen LogP contribution in [0.1, 0.15) is 18.4 Å². The number of nitrogens with one attached hydrogen (secondary N) is 2. The third kappa shape index (κ3) is 3.53. The molecule has 0 saturated carbocycles. The Morgan fingerprint density at radius 2 is 2.10 bits per heavy atom. The van der Waals surface area contributed by atoms with Gasteiger partial charge in [0.25, 0.3) is 0 Å². The molecule has 1 atom stereocenters. The van der Waals surface area contributed by atoms with Gasteiger partial charge in [-0.15, -0.1) is 0 Å². The molecule has 7 heteroatoms. The van der Waals surface area contributed by atoms with Crippen molar-refractivity contribution in [2.45, 2.75) is 24.7 Å². The van der Waals surface area contributed by atoms with Gasteiger partial charge in [0.05, 0.1) is 0 Å². The minimum Gasteiger partial charge on any atom is -0.316 e. The van der Waals surface area contributed by atoms with Crippen molar-refractivity contribution in [1.29, 1.82) is 0 Å². The fraction of sp³-hybridized carbons (Fsp3) is 0.538. The first kappa shape index (κ1) is 15.3. The normalized spacial score (nSPS) is 19.4. The third-order valence-electron chi connectivity index (χ3n) is 3.51. The highest BCUT2D eigenvalue weighted by molar-refractivity contribution is 7.89. The number of halogens is 2. The van der Waals surface area contributed by atoms with E-state index >= 15 is 0 Å². The summed E-state index contributed by atoms with van der Waals surface area (Å²) in [5.41, 5.74) is 0.103. The van der Waals surface area contributed by atoms with Crippen molar-refractivity contribution in [2.24, 2.45) is 5.92 Å². The van der Waals surface area contributed by atoms with E-state index in [2.05, 4.69) is 10.0 Å². The van der Waals surface area contributed by atoms with Crippen molar-refractivity contribution < 1.29 is 17.2 Å². The zero-order chi connectivity index (χ0) is 14.8. The fourth-order valence-corrected chi connectivity index (χ4v) is 3.46. The monoisotopic (exact) mass is 304 g/mol. The molecule has 1 aromatic rings. The molecule has 4 nitrogen and oxygen atoms in total. The maximum Gasteiger partial charge on any atom is 0.243 e. The number of hydrogen-bond acceptors (Lipinski definition) is 3. The van der Waals surface area contributed by atoms with Crippen LogP contribution in [-0.4, -0.2) is 28.1 Å². The van der Waals surface area contributed by atoms with Gasteiger partial charge in [0.15, 0.2) is 0 Å². The van der Waals surface area contributed by atoms with Crippen LogP contribution in [0.4, 0.5) is 8.78 Å². The average molecular weight is 304 g/mol. The average Bonchev–Trinajstić information content (AvgIpc) is 2.86. The van der Waals surface area contributed by atoms with E-state index in [0.29, 0.717) is 18.4 Å². The van der Waals surface area contributed by atoms with E-state index in [9.17, 15) is 17.2 Å². The molecule has 1 fully saturated rings. The van der Waals surface area contributed by atoms with Gasteiger partial charge in [-0.2, -0.15) is 0 Å². The lowest BCUT2D eigenvalue weighted by atomic mass is 10.1. The van der Waals surface area contributed by atoms with Crippen molar-refractivity contribution in [3.05, 3.63) is 29.3 Å². The lowest BCUT2D eigenvalue weighted by Crippen LogP contribution is -2.27. The van der Waals surface area contributed by atoms with Crippen LogP contribution >= 0.6 is 0 Å². The quantitative estimate of drug-likeness (QED) is 0.868. The van der Waals surface area contributed by atoms with Crippen LogP contribution in [-0.2, 0) is 10.0 Å². The molecular formula is C13H18F2N2O2S. The highest BCUT2D eigenvalue weighted by Gasteiger charge is 2.21. The molecule has 112 valence electrons. The van der Waals surface area contributed by atoms with Gasteiger partial charge in [-0.25, -0.2) is 21.9 Å². The second-order valence-corrected chi connectivity index (χ2v) is 6.81. The Balaban J connectivity index is 2.04. The molecule has 1 unspecified atom stereocenters. The number of hydrogen-bond donors (Lipinski definition) is 2. The van der Waals surface area contributed by atoms with Gasteiger partial charge < -0.3 is 5.32 Å². The molecule has 2 N–H and O–H groups in total. The Hall–Kier alpha value is -1.05. The van der Waals surface area contributed by atoms with Gasteiger partial charge in [-0.05, 0) is 50.4 Å². The number of benzene rings is 1. The molecule has 1 aliphatic heterocycles. The van der Waals surface area contributed by atoms with E-state index in [4.69, 9.17) is 0 Å². The molecule has 0 bridgehead atoms. The Morgan fingerprint density at radius 3 is 2.75 bits per heavy atom. The van der Waals surface area contributed by atoms with Crippen molar-refractivity contribution in [3.8, 4) is 0 Å². The first-order chi connectivity index (χ1) is 9.40. The summed E-state index contributed by atoms with van der Waals surface area (Å²) in [6.07, 6.45) is 1.72. The van der Waals surface area contributed by atoms with Crippen LogP contribution in [0.15, 0.2) is 17.0 Å². The van der Waals surface area contributed by atoms with Crippen LogP contribution in [0.5, 0.6) is 0 Å². The molecule has 2 rings (SSSR count). The van der Waals surface area contributed by atoms with E-state index < -0.39 is 26.6 Å². The smallest absolute Gasteiger partial charge is 0.243 e. The van der Waals surface area contributed by atoms with Gasteiger partial charge in [0, 0.05) is 12.6 Å². The van der Waals surface area contributed by atoms with E-state index in [1.165, 1.54) is 6.92 Å². The predicted molar refractivity (Wildman–Crippen MR) is 71.9 cm³/mol. The Kier molecular flexibility index (Phi) is 4.72. The summed E-state index contributed by atoms with van der Waals surface area (Å²) in [6, 6.07) is 1.62. The maximum absolute atomic E-state index is 13.6. The van der Waals surface area contributed by atoms with Crippen LogP contribution in [0, 0.1) is 24.5 Å². The molecule has 0 amide bonds. The van der Waals surface area contributed by atoms with Gasteiger partial charge in [0.2, 0.25) is 10.0 Å². The molecular weight excluding hydrogens is 286 g/mol. The van der Waals surface area contributed by atoms with Crippen LogP contribution < -0.4 is 10.0 Å². The van der Waals surface area contributed by atoms with Gasteiger partial charge in [-0.3, -0.25) is 0 Å². The molecule has 1 aliphatic rings. The SMILES string of the molecule is Cc1cc(S(=O)(=O)NCCC2CCNC2)c(F)cc1F. The summed E-state index contributed by atoms with van der Waals surface area (Å²) in [6.45, 7) is 3.48. The summed E-state index contributed by atoms with van der Waals surface area (Å²) in [5, 5.41) is 3.20. The minimum absolute atomic E-state index is 0.103. The zero-order valence-corrected chi connectivity index (χ0v) is 12.1. The van der Waals surface area contributed by atoms with E-state index in [1.54, 1.807) is 0 Å². The lowest BCUT2D eigenvalue weighted by molar-refractivity contribution is 0.513. The Labute approximate surface area is 117 Å². The molecule has 0 aromatic heterocycles. The summed E-state index contributed by atoms with van der Waals surface area (Å²) in [4.78, 5) is -0.499. The molecule has 1 aromatic carbocycles. The Bertz CT molecular complexity index is 584. The largest absolute Gasteiger partial charge is 0.316 e.